The van der Waals surface area contributed by atoms with Gasteiger partial charge in [0.25, 0.3) is 0 Å². The van der Waals surface area contributed by atoms with Crippen molar-refractivity contribution in [1.29, 1.82) is 0 Å². The Labute approximate surface area is 246 Å². The van der Waals surface area contributed by atoms with Crippen LogP contribution < -0.4 is 0 Å². The Morgan fingerprint density at radius 1 is 0.238 bits per heavy atom. The molecule has 0 spiro atoms. The van der Waals surface area contributed by atoms with E-state index in [4.69, 9.17) is 0 Å². The first-order chi connectivity index (χ1) is 20.8. The van der Waals surface area contributed by atoms with Gasteiger partial charge in [-0.15, -0.1) is 0 Å². The minimum Gasteiger partial charge on any atom is -0.0622 e. The molecule has 0 unspecified atom stereocenters. The molecule has 0 heterocycles. The van der Waals surface area contributed by atoms with Gasteiger partial charge in [-0.1, -0.05) is 158 Å². The Morgan fingerprint density at radius 2 is 0.738 bits per heavy atom. The summed E-state index contributed by atoms with van der Waals surface area (Å²) in [6, 6.07) is 61.8. The number of hydrogen-bond donors (Lipinski definition) is 0. The number of benzene rings is 8. The van der Waals surface area contributed by atoms with Crippen molar-refractivity contribution in [3.8, 4) is 44.5 Å². The molecule has 0 aliphatic carbocycles. The molecule has 0 atom stereocenters. The molecule has 196 valence electrons. The minimum absolute atomic E-state index is 1.22. The van der Waals surface area contributed by atoms with Crippen molar-refractivity contribution in [3.05, 3.63) is 170 Å². The van der Waals surface area contributed by atoms with Crippen LogP contribution in [0.2, 0.25) is 0 Å². The predicted octanol–water partition coefficient (Wildman–Crippen LogP) is 11.8. The third-order valence-corrected chi connectivity index (χ3v) is 8.45. The molecule has 42 heavy (non-hydrogen) atoms. The number of fused-ring (bicyclic) bond motifs is 3. The summed E-state index contributed by atoms with van der Waals surface area (Å²) in [5.41, 5.74) is 9.97. The molecule has 0 heteroatoms. The lowest BCUT2D eigenvalue weighted by atomic mass is 9.83. The fourth-order valence-electron chi connectivity index (χ4n) is 6.52. The van der Waals surface area contributed by atoms with E-state index in [0.717, 1.165) is 0 Å². The van der Waals surface area contributed by atoms with Crippen LogP contribution in [-0.4, -0.2) is 0 Å². The first-order valence-electron chi connectivity index (χ1n) is 14.5. The lowest BCUT2D eigenvalue weighted by molar-refractivity contribution is 1.61. The van der Waals surface area contributed by atoms with Crippen LogP contribution in [0.1, 0.15) is 0 Å². The van der Waals surface area contributed by atoms with Crippen molar-refractivity contribution in [2.45, 2.75) is 0 Å². The molecule has 0 N–H and O–H groups in total. The highest BCUT2D eigenvalue weighted by atomic mass is 14.2. The van der Waals surface area contributed by atoms with E-state index in [-0.39, 0.29) is 0 Å². The molecular formula is C42H28. The van der Waals surface area contributed by atoms with Gasteiger partial charge in [0.05, 0.1) is 0 Å². The minimum atomic E-state index is 1.22. The second kappa shape index (κ2) is 10.2. The van der Waals surface area contributed by atoms with Crippen LogP contribution in [0.15, 0.2) is 170 Å². The summed E-state index contributed by atoms with van der Waals surface area (Å²) < 4.78 is 0. The second-order valence-electron chi connectivity index (χ2n) is 10.9. The van der Waals surface area contributed by atoms with Crippen LogP contribution in [0.3, 0.4) is 0 Å². The van der Waals surface area contributed by atoms with E-state index in [0.29, 0.717) is 0 Å². The Morgan fingerprint density at radius 3 is 1.48 bits per heavy atom. The topological polar surface area (TPSA) is 0 Å². The van der Waals surface area contributed by atoms with Gasteiger partial charge in [-0.05, 0) is 89.0 Å². The SMILES string of the molecule is c1ccc(-c2cccc(-c3c4ccccc4c(-c4cccc5ccccc45)c4ccc(-c5ccccc5)cc34)c2)cc1. The summed E-state index contributed by atoms with van der Waals surface area (Å²) in [6.45, 7) is 0. The van der Waals surface area contributed by atoms with Crippen molar-refractivity contribution in [3.63, 3.8) is 0 Å². The van der Waals surface area contributed by atoms with Gasteiger partial charge in [0.15, 0.2) is 0 Å². The lowest BCUT2D eigenvalue weighted by Crippen LogP contribution is -1.93. The van der Waals surface area contributed by atoms with Crippen LogP contribution in [0.25, 0.3) is 76.8 Å². The average molecular weight is 533 g/mol. The van der Waals surface area contributed by atoms with E-state index in [9.17, 15) is 0 Å². The highest BCUT2D eigenvalue weighted by molar-refractivity contribution is 6.24. The van der Waals surface area contributed by atoms with Crippen molar-refractivity contribution >= 4 is 32.3 Å². The Bertz CT molecular complexity index is 2220. The van der Waals surface area contributed by atoms with Crippen molar-refractivity contribution in [1.82, 2.24) is 0 Å². The third-order valence-electron chi connectivity index (χ3n) is 8.45. The van der Waals surface area contributed by atoms with E-state index in [1.807, 2.05) is 0 Å². The van der Waals surface area contributed by atoms with Gasteiger partial charge in [-0.25, -0.2) is 0 Å². The Hall–Kier alpha value is -5.46. The smallest absolute Gasteiger partial charge is 0.00201 e. The zero-order chi connectivity index (χ0) is 27.9. The van der Waals surface area contributed by atoms with E-state index < -0.39 is 0 Å². The quantitative estimate of drug-likeness (QED) is 0.198. The fraction of sp³-hybridized carbons (Fsp3) is 0. The largest absolute Gasteiger partial charge is 0.0622 e. The Balaban J connectivity index is 1.51. The maximum absolute atomic E-state index is 2.40. The van der Waals surface area contributed by atoms with Gasteiger partial charge in [0.1, 0.15) is 0 Å². The summed E-state index contributed by atoms with van der Waals surface area (Å²) in [5, 5.41) is 7.61. The maximum Gasteiger partial charge on any atom is -0.00201 e. The summed E-state index contributed by atoms with van der Waals surface area (Å²) in [4.78, 5) is 0. The van der Waals surface area contributed by atoms with E-state index in [1.54, 1.807) is 0 Å². The van der Waals surface area contributed by atoms with Crippen molar-refractivity contribution < 1.29 is 0 Å². The van der Waals surface area contributed by atoms with Gasteiger partial charge in [-0.3, -0.25) is 0 Å². The van der Waals surface area contributed by atoms with Gasteiger partial charge >= 0.3 is 0 Å². The fourth-order valence-corrected chi connectivity index (χ4v) is 6.52. The average Bonchev–Trinajstić information content (AvgIpc) is 3.07. The molecule has 0 aliphatic rings. The normalized spacial score (nSPS) is 11.3. The van der Waals surface area contributed by atoms with Gasteiger partial charge in [0.2, 0.25) is 0 Å². The molecule has 8 rings (SSSR count). The molecule has 0 amide bonds. The molecule has 0 nitrogen and oxygen atoms in total. The van der Waals surface area contributed by atoms with Gasteiger partial charge in [-0.2, -0.15) is 0 Å². The zero-order valence-corrected chi connectivity index (χ0v) is 23.2. The van der Waals surface area contributed by atoms with Crippen molar-refractivity contribution in [2.75, 3.05) is 0 Å². The number of rotatable bonds is 4. The summed E-state index contributed by atoms with van der Waals surface area (Å²) in [5.74, 6) is 0. The van der Waals surface area contributed by atoms with Crippen LogP contribution in [0.5, 0.6) is 0 Å². The maximum atomic E-state index is 2.40. The van der Waals surface area contributed by atoms with E-state index in [2.05, 4.69) is 170 Å². The summed E-state index contributed by atoms with van der Waals surface area (Å²) in [6.07, 6.45) is 0. The molecule has 0 fully saturated rings. The van der Waals surface area contributed by atoms with Crippen LogP contribution >= 0.6 is 0 Å². The highest BCUT2D eigenvalue weighted by Gasteiger charge is 2.19. The van der Waals surface area contributed by atoms with Crippen LogP contribution in [0.4, 0.5) is 0 Å². The summed E-state index contributed by atoms with van der Waals surface area (Å²) >= 11 is 0. The molecule has 8 aromatic carbocycles. The van der Waals surface area contributed by atoms with Crippen LogP contribution in [0, 0.1) is 0 Å². The van der Waals surface area contributed by atoms with Crippen molar-refractivity contribution in [2.24, 2.45) is 0 Å². The standard InChI is InChI=1S/C42H28/c1-3-13-29(14-4-1)32-19-11-20-34(27-32)41-37-22-9-10-23-38(37)42(36-24-12-18-31-17-7-8-21-35(31)36)39-26-25-33(28-40(39)41)30-15-5-2-6-16-30/h1-28H. The first kappa shape index (κ1) is 24.3. The molecule has 0 bridgehead atoms. The predicted molar refractivity (Wildman–Crippen MR) is 181 cm³/mol. The highest BCUT2D eigenvalue weighted by Crippen LogP contribution is 2.46. The monoisotopic (exact) mass is 532 g/mol. The van der Waals surface area contributed by atoms with E-state index in [1.165, 1.54) is 76.8 Å². The van der Waals surface area contributed by atoms with Crippen LogP contribution in [-0.2, 0) is 0 Å². The lowest BCUT2D eigenvalue weighted by Gasteiger charge is -2.20. The van der Waals surface area contributed by atoms with Gasteiger partial charge in [0, 0.05) is 0 Å². The zero-order valence-electron chi connectivity index (χ0n) is 23.2. The molecular weight excluding hydrogens is 504 g/mol. The molecule has 8 aromatic rings. The van der Waals surface area contributed by atoms with E-state index >= 15 is 0 Å². The third kappa shape index (κ3) is 4.08. The summed E-state index contributed by atoms with van der Waals surface area (Å²) in [7, 11) is 0. The molecule has 0 aromatic heterocycles. The molecule has 0 saturated carbocycles. The molecule has 0 radical (unpaired) electrons. The molecule has 0 saturated heterocycles. The second-order valence-corrected chi connectivity index (χ2v) is 10.9. The van der Waals surface area contributed by atoms with Gasteiger partial charge < -0.3 is 0 Å². The Kier molecular flexibility index (Phi) is 5.90. The molecule has 0 aliphatic heterocycles. The first-order valence-corrected chi connectivity index (χ1v) is 14.5. The number of hydrogen-bond acceptors (Lipinski definition) is 0.